The van der Waals surface area contributed by atoms with Gasteiger partial charge in [0.25, 0.3) is 0 Å². The van der Waals surface area contributed by atoms with Gasteiger partial charge < -0.3 is 18.9 Å². The fourth-order valence-electron chi connectivity index (χ4n) is 2.49. The topological polar surface area (TPSA) is 36.9 Å². The van der Waals surface area contributed by atoms with Crippen molar-refractivity contribution in [3.8, 4) is 0 Å². The maximum Gasteiger partial charge on any atom is 0.184 e. The van der Waals surface area contributed by atoms with Crippen LogP contribution in [0.4, 0.5) is 0 Å². The molecular weight excluding hydrogens is 232 g/mol. The monoisotopic (exact) mass is 250 g/mol. The number of hydrogen-bond acceptors (Lipinski definition) is 4. The maximum atomic E-state index is 5.90. The number of ether oxygens (including phenoxy) is 4. The predicted molar refractivity (Wildman–Crippen MR) is 65.0 cm³/mol. The van der Waals surface area contributed by atoms with E-state index >= 15 is 0 Å². The van der Waals surface area contributed by atoms with E-state index in [2.05, 4.69) is 12.1 Å². The van der Waals surface area contributed by atoms with Gasteiger partial charge in [0, 0.05) is 13.5 Å². The zero-order valence-electron chi connectivity index (χ0n) is 10.5. The van der Waals surface area contributed by atoms with Gasteiger partial charge in [-0.05, 0) is 5.56 Å². The van der Waals surface area contributed by atoms with Gasteiger partial charge in [0.05, 0.1) is 19.3 Å². The molecule has 0 N–H and O–H groups in total. The molecule has 98 valence electrons. The third-order valence-corrected chi connectivity index (χ3v) is 3.53. The average Bonchev–Trinajstić information content (AvgIpc) is 2.84. The minimum Gasteiger partial charge on any atom is -0.379 e. The Kier molecular flexibility index (Phi) is 3.61. The van der Waals surface area contributed by atoms with Crippen molar-refractivity contribution in [3.05, 3.63) is 35.9 Å². The van der Waals surface area contributed by atoms with E-state index in [1.165, 1.54) is 0 Å². The van der Waals surface area contributed by atoms with E-state index in [9.17, 15) is 0 Å². The first kappa shape index (κ1) is 12.1. The molecule has 4 nitrogen and oxygen atoms in total. The largest absolute Gasteiger partial charge is 0.379 e. The summed E-state index contributed by atoms with van der Waals surface area (Å²) in [7, 11) is 1.71. The second-order valence-corrected chi connectivity index (χ2v) is 4.72. The minimum atomic E-state index is -0.231. The number of fused-ring (bicyclic) bond motifs is 2. The van der Waals surface area contributed by atoms with Crippen LogP contribution >= 0.6 is 0 Å². The lowest BCUT2D eigenvalue weighted by Crippen LogP contribution is -2.43. The summed E-state index contributed by atoms with van der Waals surface area (Å²) in [6.07, 6.45) is 0.693. The highest BCUT2D eigenvalue weighted by Gasteiger charge is 2.44. The molecule has 1 aromatic rings. The van der Waals surface area contributed by atoms with E-state index in [4.69, 9.17) is 18.9 Å². The lowest BCUT2D eigenvalue weighted by Gasteiger charge is -2.32. The van der Waals surface area contributed by atoms with Crippen LogP contribution in [-0.4, -0.2) is 38.3 Å². The van der Waals surface area contributed by atoms with Gasteiger partial charge in [0.1, 0.15) is 12.2 Å². The quantitative estimate of drug-likeness (QED) is 0.815. The van der Waals surface area contributed by atoms with Crippen molar-refractivity contribution in [3.63, 3.8) is 0 Å². The molecule has 4 heteroatoms. The number of rotatable bonds is 4. The fraction of sp³-hybridized carbons (Fsp3) is 0.571. The van der Waals surface area contributed by atoms with Crippen LogP contribution in [-0.2, 0) is 25.6 Å². The zero-order chi connectivity index (χ0) is 12.4. The van der Waals surface area contributed by atoms with Crippen LogP contribution in [0, 0.1) is 0 Å². The van der Waals surface area contributed by atoms with Crippen molar-refractivity contribution < 1.29 is 18.9 Å². The highest BCUT2D eigenvalue weighted by molar-refractivity contribution is 5.13. The van der Waals surface area contributed by atoms with E-state index < -0.39 is 0 Å². The van der Waals surface area contributed by atoms with Gasteiger partial charge in [-0.15, -0.1) is 0 Å². The third kappa shape index (κ3) is 2.42. The Hall–Kier alpha value is -0.940. The summed E-state index contributed by atoms with van der Waals surface area (Å²) in [6.45, 7) is 1.18. The molecular formula is C14H18O4. The van der Waals surface area contributed by atoms with Crippen LogP contribution in [0.1, 0.15) is 12.0 Å². The molecule has 2 fully saturated rings. The highest BCUT2D eigenvalue weighted by atomic mass is 16.7. The summed E-state index contributed by atoms with van der Waals surface area (Å²) in [6, 6.07) is 10.1. The highest BCUT2D eigenvalue weighted by Crippen LogP contribution is 2.31. The first-order valence-electron chi connectivity index (χ1n) is 6.32. The van der Waals surface area contributed by atoms with Crippen LogP contribution in [0.25, 0.3) is 0 Å². The van der Waals surface area contributed by atoms with Gasteiger partial charge >= 0.3 is 0 Å². The van der Waals surface area contributed by atoms with Crippen LogP contribution in [0.3, 0.4) is 0 Å². The van der Waals surface area contributed by atoms with Crippen LogP contribution in [0.5, 0.6) is 0 Å². The minimum absolute atomic E-state index is 0.0473. The summed E-state index contributed by atoms with van der Waals surface area (Å²) in [5, 5.41) is 0. The lowest BCUT2D eigenvalue weighted by atomic mass is 10.0. The summed E-state index contributed by atoms with van der Waals surface area (Å²) >= 11 is 0. The molecule has 0 aliphatic carbocycles. The van der Waals surface area contributed by atoms with Gasteiger partial charge in [-0.2, -0.15) is 0 Å². The van der Waals surface area contributed by atoms with Crippen molar-refractivity contribution in [2.24, 2.45) is 0 Å². The van der Waals surface area contributed by atoms with Gasteiger partial charge in [-0.3, -0.25) is 0 Å². The van der Waals surface area contributed by atoms with Gasteiger partial charge in [-0.1, -0.05) is 30.3 Å². The molecule has 0 amide bonds. The molecule has 0 aromatic heterocycles. The Balaban J connectivity index is 1.59. The van der Waals surface area contributed by atoms with E-state index in [-0.39, 0.29) is 24.6 Å². The molecule has 0 spiro atoms. The van der Waals surface area contributed by atoms with Crippen molar-refractivity contribution >= 4 is 0 Å². The van der Waals surface area contributed by atoms with E-state index in [0.717, 1.165) is 12.0 Å². The molecule has 1 aromatic carbocycles. The van der Waals surface area contributed by atoms with E-state index in [1.807, 2.05) is 18.2 Å². The van der Waals surface area contributed by atoms with Crippen molar-refractivity contribution in [1.29, 1.82) is 0 Å². The first-order valence-corrected chi connectivity index (χ1v) is 6.32. The molecule has 0 radical (unpaired) electrons. The number of hydrogen-bond donors (Lipinski definition) is 0. The Morgan fingerprint density at radius 3 is 2.83 bits per heavy atom. The molecule has 0 unspecified atom stereocenters. The molecule has 4 atom stereocenters. The Morgan fingerprint density at radius 1 is 1.22 bits per heavy atom. The predicted octanol–water partition coefficient (Wildman–Crippen LogP) is 1.73. The zero-order valence-corrected chi connectivity index (χ0v) is 10.5. The van der Waals surface area contributed by atoms with E-state index in [1.54, 1.807) is 7.11 Å². The molecule has 2 saturated heterocycles. The van der Waals surface area contributed by atoms with Crippen LogP contribution < -0.4 is 0 Å². The average molecular weight is 250 g/mol. The maximum absolute atomic E-state index is 5.90. The Morgan fingerprint density at radius 2 is 2.06 bits per heavy atom. The molecule has 0 saturated carbocycles. The normalized spacial score (nSPS) is 34.7. The van der Waals surface area contributed by atoms with Crippen molar-refractivity contribution in [2.75, 3.05) is 13.7 Å². The van der Waals surface area contributed by atoms with Gasteiger partial charge in [0.15, 0.2) is 6.29 Å². The van der Waals surface area contributed by atoms with Crippen LogP contribution in [0.15, 0.2) is 30.3 Å². The lowest BCUT2D eigenvalue weighted by molar-refractivity contribution is -0.205. The SMILES string of the molecule is CO[C@H]1C[C@@H](OCc2ccccc2)[C@@H]2OC[C@H]1O2. The molecule has 2 bridgehead atoms. The Labute approximate surface area is 107 Å². The molecule has 2 aliphatic rings. The standard InChI is InChI=1S/C14H18O4/c1-15-11-7-12(14-17-9-13(11)18-14)16-8-10-5-3-2-4-6-10/h2-6,11-14H,7-9H2,1H3/t11-,12+,13+,14+/m0/s1. The first-order chi connectivity index (χ1) is 8.86. The van der Waals surface area contributed by atoms with E-state index in [0.29, 0.717) is 13.2 Å². The number of methoxy groups -OCH3 is 1. The van der Waals surface area contributed by atoms with Gasteiger partial charge in [0.2, 0.25) is 0 Å². The van der Waals surface area contributed by atoms with Crippen molar-refractivity contribution in [2.45, 2.75) is 37.6 Å². The second-order valence-electron chi connectivity index (χ2n) is 4.72. The molecule has 3 rings (SSSR count). The molecule has 2 aliphatic heterocycles. The Bertz CT molecular complexity index is 381. The molecule has 2 heterocycles. The number of benzene rings is 1. The molecule has 18 heavy (non-hydrogen) atoms. The second kappa shape index (κ2) is 5.36. The van der Waals surface area contributed by atoms with Gasteiger partial charge in [-0.25, -0.2) is 0 Å². The van der Waals surface area contributed by atoms with Crippen LogP contribution in [0.2, 0.25) is 0 Å². The fourth-order valence-corrected chi connectivity index (χ4v) is 2.49. The third-order valence-electron chi connectivity index (χ3n) is 3.53. The summed E-state index contributed by atoms with van der Waals surface area (Å²) in [4.78, 5) is 0. The smallest absolute Gasteiger partial charge is 0.184 e. The van der Waals surface area contributed by atoms with Crippen molar-refractivity contribution in [1.82, 2.24) is 0 Å². The summed E-state index contributed by atoms with van der Waals surface area (Å²) in [5.41, 5.74) is 1.16. The summed E-state index contributed by atoms with van der Waals surface area (Å²) in [5.74, 6) is 0. The summed E-state index contributed by atoms with van der Waals surface area (Å²) < 4.78 is 22.6.